The van der Waals surface area contributed by atoms with Crippen LogP contribution in [-0.4, -0.2) is 12.6 Å². The number of benzene rings is 1. The molecule has 0 saturated heterocycles. The third kappa shape index (κ3) is 3.93. The summed E-state index contributed by atoms with van der Waals surface area (Å²) in [5, 5.41) is 3.79. The molecule has 1 aliphatic rings. The van der Waals surface area contributed by atoms with Crippen molar-refractivity contribution in [3.8, 4) is 0 Å². The van der Waals surface area contributed by atoms with Crippen molar-refractivity contribution in [3.05, 3.63) is 34.6 Å². The molecule has 1 nitrogen and oxygen atoms in total. The fourth-order valence-electron chi connectivity index (χ4n) is 3.22. The van der Waals surface area contributed by atoms with E-state index in [0.29, 0.717) is 12.0 Å². The van der Waals surface area contributed by atoms with Gasteiger partial charge in [0.25, 0.3) is 0 Å². The molecule has 1 N–H and O–H groups in total. The van der Waals surface area contributed by atoms with Crippen LogP contribution >= 0.6 is 11.6 Å². The van der Waals surface area contributed by atoms with Crippen molar-refractivity contribution in [2.24, 2.45) is 11.8 Å². The zero-order valence-electron chi connectivity index (χ0n) is 11.8. The lowest BCUT2D eigenvalue weighted by molar-refractivity contribution is 0.214. The van der Waals surface area contributed by atoms with Crippen LogP contribution in [0.4, 0.5) is 4.39 Å². The SMILES string of the molecule is CCNC1CCC(C)CC1Cc1ccc(Cl)c(F)c1. The van der Waals surface area contributed by atoms with Crippen LogP contribution in [0.25, 0.3) is 0 Å². The predicted octanol–water partition coefficient (Wildman–Crippen LogP) is 4.44. The van der Waals surface area contributed by atoms with E-state index in [4.69, 9.17) is 11.6 Å². The number of hydrogen-bond donors (Lipinski definition) is 1. The largest absolute Gasteiger partial charge is 0.314 e. The molecule has 1 aliphatic carbocycles. The van der Waals surface area contributed by atoms with Gasteiger partial charge < -0.3 is 5.32 Å². The van der Waals surface area contributed by atoms with Crippen molar-refractivity contribution in [1.29, 1.82) is 0 Å². The number of hydrogen-bond acceptors (Lipinski definition) is 1. The van der Waals surface area contributed by atoms with Gasteiger partial charge in [0.1, 0.15) is 5.82 Å². The first-order chi connectivity index (χ1) is 9.10. The summed E-state index contributed by atoms with van der Waals surface area (Å²) in [7, 11) is 0. The number of rotatable bonds is 4. The zero-order chi connectivity index (χ0) is 13.8. The van der Waals surface area contributed by atoms with Gasteiger partial charge in [0.2, 0.25) is 0 Å². The van der Waals surface area contributed by atoms with E-state index in [9.17, 15) is 4.39 Å². The van der Waals surface area contributed by atoms with Crippen molar-refractivity contribution in [3.63, 3.8) is 0 Å². The lowest BCUT2D eigenvalue weighted by Crippen LogP contribution is -2.41. The topological polar surface area (TPSA) is 12.0 Å². The van der Waals surface area contributed by atoms with Crippen molar-refractivity contribution >= 4 is 11.6 Å². The van der Waals surface area contributed by atoms with Gasteiger partial charge >= 0.3 is 0 Å². The van der Waals surface area contributed by atoms with E-state index in [1.165, 1.54) is 19.3 Å². The first kappa shape index (κ1) is 14.8. The van der Waals surface area contributed by atoms with Crippen LogP contribution in [0.5, 0.6) is 0 Å². The molecule has 0 aliphatic heterocycles. The second-order valence-corrected chi connectivity index (χ2v) is 6.20. The van der Waals surface area contributed by atoms with Crippen LogP contribution in [0.3, 0.4) is 0 Å². The van der Waals surface area contributed by atoms with Gasteiger partial charge in [0, 0.05) is 6.04 Å². The smallest absolute Gasteiger partial charge is 0.142 e. The van der Waals surface area contributed by atoms with Gasteiger partial charge in [-0.3, -0.25) is 0 Å². The molecule has 1 saturated carbocycles. The summed E-state index contributed by atoms with van der Waals surface area (Å²) in [6.45, 7) is 5.47. The molecule has 3 unspecified atom stereocenters. The second kappa shape index (κ2) is 6.71. The Bertz CT molecular complexity index is 421. The van der Waals surface area contributed by atoms with Gasteiger partial charge in [-0.05, 0) is 61.8 Å². The molecule has 1 aromatic carbocycles. The van der Waals surface area contributed by atoms with Gasteiger partial charge in [-0.1, -0.05) is 31.5 Å². The Morgan fingerprint density at radius 3 is 2.84 bits per heavy atom. The summed E-state index contributed by atoms with van der Waals surface area (Å²) in [5.74, 6) is 1.07. The summed E-state index contributed by atoms with van der Waals surface area (Å²) < 4.78 is 13.5. The second-order valence-electron chi connectivity index (χ2n) is 5.80. The molecule has 1 aromatic rings. The Kier molecular flexibility index (Phi) is 5.23. The minimum atomic E-state index is -0.303. The lowest BCUT2D eigenvalue weighted by Gasteiger charge is -2.35. The fraction of sp³-hybridized carbons (Fsp3) is 0.625. The van der Waals surface area contributed by atoms with Crippen LogP contribution in [0, 0.1) is 17.7 Å². The molecule has 0 heterocycles. The average Bonchev–Trinajstić information content (AvgIpc) is 2.37. The molecule has 3 atom stereocenters. The predicted molar refractivity (Wildman–Crippen MR) is 79.1 cm³/mol. The summed E-state index contributed by atoms with van der Waals surface area (Å²) in [4.78, 5) is 0. The van der Waals surface area contributed by atoms with Crippen LogP contribution in [-0.2, 0) is 6.42 Å². The van der Waals surface area contributed by atoms with Crippen molar-refractivity contribution < 1.29 is 4.39 Å². The number of halogens is 2. The maximum absolute atomic E-state index is 13.5. The van der Waals surface area contributed by atoms with Crippen molar-refractivity contribution in [1.82, 2.24) is 5.32 Å². The molecule has 0 bridgehead atoms. The van der Waals surface area contributed by atoms with Crippen LogP contribution in [0.15, 0.2) is 18.2 Å². The van der Waals surface area contributed by atoms with Crippen molar-refractivity contribution in [2.75, 3.05) is 6.54 Å². The first-order valence-electron chi connectivity index (χ1n) is 7.27. The molecule has 0 aromatic heterocycles. The normalized spacial score (nSPS) is 27.5. The molecule has 0 amide bonds. The molecule has 19 heavy (non-hydrogen) atoms. The molecule has 3 heteroatoms. The van der Waals surface area contributed by atoms with Crippen LogP contribution < -0.4 is 5.32 Å². The summed E-state index contributed by atoms with van der Waals surface area (Å²) in [6, 6.07) is 5.78. The third-order valence-electron chi connectivity index (χ3n) is 4.19. The van der Waals surface area contributed by atoms with Gasteiger partial charge in [0.15, 0.2) is 0 Å². The van der Waals surface area contributed by atoms with E-state index in [2.05, 4.69) is 19.2 Å². The molecule has 106 valence electrons. The van der Waals surface area contributed by atoms with Crippen LogP contribution in [0.1, 0.15) is 38.7 Å². The average molecular weight is 284 g/mol. The van der Waals surface area contributed by atoms with E-state index < -0.39 is 0 Å². The monoisotopic (exact) mass is 283 g/mol. The molecule has 0 spiro atoms. The molecule has 1 fully saturated rings. The van der Waals surface area contributed by atoms with Gasteiger partial charge in [-0.15, -0.1) is 0 Å². The highest BCUT2D eigenvalue weighted by molar-refractivity contribution is 6.30. The van der Waals surface area contributed by atoms with E-state index in [1.54, 1.807) is 12.1 Å². The van der Waals surface area contributed by atoms with Gasteiger partial charge in [-0.25, -0.2) is 4.39 Å². The Morgan fingerprint density at radius 1 is 1.37 bits per heavy atom. The highest BCUT2D eigenvalue weighted by Gasteiger charge is 2.28. The van der Waals surface area contributed by atoms with E-state index in [-0.39, 0.29) is 10.8 Å². The minimum absolute atomic E-state index is 0.212. The fourth-order valence-corrected chi connectivity index (χ4v) is 3.34. The van der Waals surface area contributed by atoms with Crippen LogP contribution in [0.2, 0.25) is 5.02 Å². The summed E-state index contributed by atoms with van der Waals surface area (Å²) in [5.41, 5.74) is 1.06. The molecular formula is C16H23ClFN. The summed E-state index contributed by atoms with van der Waals surface area (Å²) in [6.07, 6.45) is 4.69. The molecule has 0 radical (unpaired) electrons. The Labute approximate surface area is 120 Å². The van der Waals surface area contributed by atoms with Crippen molar-refractivity contribution in [2.45, 2.75) is 45.6 Å². The van der Waals surface area contributed by atoms with E-state index in [0.717, 1.165) is 24.4 Å². The maximum atomic E-state index is 13.5. The van der Waals surface area contributed by atoms with Gasteiger partial charge in [-0.2, -0.15) is 0 Å². The quantitative estimate of drug-likeness (QED) is 0.862. The Balaban J connectivity index is 2.07. The summed E-state index contributed by atoms with van der Waals surface area (Å²) >= 11 is 5.74. The standard InChI is InChI=1S/C16H23ClFN/c1-3-19-16-7-4-11(2)8-13(16)9-12-5-6-14(17)15(18)10-12/h5-6,10-11,13,16,19H,3-4,7-9H2,1-2H3. The zero-order valence-corrected chi connectivity index (χ0v) is 12.5. The van der Waals surface area contributed by atoms with E-state index in [1.807, 2.05) is 6.07 Å². The minimum Gasteiger partial charge on any atom is -0.314 e. The van der Waals surface area contributed by atoms with Gasteiger partial charge in [0.05, 0.1) is 5.02 Å². The Morgan fingerprint density at radius 2 is 2.16 bits per heavy atom. The maximum Gasteiger partial charge on any atom is 0.142 e. The number of nitrogens with one attached hydrogen (secondary N) is 1. The highest BCUT2D eigenvalue weighted by atomic mass is 35.5. The highest BCUT2D eigenvalue weighted by Crippen LogP contribution is 2.32. The van der Waals surface area contributed by atoms with E-state index >= 15 is 0 Å². The lowest BCUT2D eigenvalue weighted by atomic mass is 9.76. The Hall–Kier alpha value is -0.600. The molecule has 2 rings (SSSR count). The molecular weight excluding hydrogens is 261 g/mol. The third-order valence-corrected chi connectivity index (χ3v) is 4.50. The first-order valence-corrected chi connectivity index (χ1v) is 7.65.